The maximum Gasteiger partial charge on any atom is 0.166 e. The van der Waals surface area contributed by atoms with E-state index in [0.717, 1.165) is 6.07 Å². The van der Waals surface area contributed by atoms with Crippen molar-refractivity contribution in [3.63, 3.8) is 0 Å². The second kappa shape index (κ2) is 3.16. The Hall–Kier alpha value is -1.00. The van der Waals surface area contributed by atoms with Gasteiger partial charge in [-0.25, -0.2) is 4.39 Å². The molecule has 3 nitrogen and oxygen atoms in total. The first-order valence-corrected chi connectivity index (χ1v) is 3.45. The van der Waals surface area contributed by atoms with Crippen LogP contribution in [0.5, 0.6) is 11.5 Å². The molecule has 0 aliphatic heterocycles. The van der Waals surface area contributed by atoms with Gasteiger partial charge in [-0.1, -0.05) is 11.6 Å². The Kier molecular flexibility index (Phi) is 2.40. The van der Waals surface area contributed by atoms with E-state index in [1.165, 1.54) is 0 Å². The van der Waals surface area contributed by atoms with Gasteiger partial charge in [0.05, 0.1) is 17.2 Å². The van der Waals surface area contributed by atoms with Gasteiger partial charge >= 0.3 is 0 Å². The van der Waals surface area contributed by atoms with Gasteiger partial charge in [-0.3, -0.25) is 0 Å². The molecule has 0 saturated heterocycles. The summed E-state index contributed by atoms with van der Waals surface area (Å²) in [6.45, 7) is -0.716. The minimum Gasteiger partial charge on any atom is -0.504 e. The van der Waals surface area contributed by atoms with Crippen molar-refractivity contribution in [3.8, 4) is 11.5 Å². The van der Waals surface area contributed by atoms with Crippen molar-refractivity contribution in [2.75, 3.05) is 0 Å². The van der Waals surface area contributed by atoms with Crippen LogP contribution in [0.25, 0.3) is 0 Å². The summed E-state index contributed by atoms with van der Waals surface area (Å²) in [4.78, 5) is 0. The average Bonchev–Trinajstić information content (AvgIpc) is 2.02. The molecular weight excluding hydrogens is 187 g/mol. The standard InChI is InChI=1S/C7H6ClFO3/c8-4-1-5(11)7(12)3(2-10)6(4)9/h1,10-12H,2H2. The molecule has 0 spiro atoms. The summed E-state index contributed by atoms with van der Waals surface area (Å²) in [5.74, 6) is -2.15. The van der Waals surface area contributed by atoms with Crippen molar-refractivity contribution in [3.05, 3.63) is 22.5 Å². The minimum absolute atomic E-state index is 0.339. The third-order valence-corrected chi connectivity index (χ3v) is 1.70. The van der Waals surface area contributed by atoms with Crippen LogP contribution in [0, 0.1) is 5.82 Å². The van der Waals surface area contributed by atoms with Gasteiger partial charge in [0, 0.05) is 6.07 Å². The number of hydrogen-bond donors (Lipinski definition) is 3. The van der Waals surface area contributed by atoms with E-state index in [4.69, 9.17) is 26.9 Å². The van der Waals surface area contributed by atoms with Gasteiger partial charge in [-0.05, 0) is 0 Å². The average molecular weight is 193 g/mol. The predicted octanol–water partition coefficient (Wildman–Crippen LogP) is 1.38. The molecule has 66 valence electrons. The number of rotatable bonds is 1. The second-order valence-corrected chi connectivity index (χ2v) is 2.58. The molecule has 0 aliphatic rings. The lowest BCUT2D eigenvalue weighted by Crippen LogP contribution is -1.91. The van der Waals surface area contributed by atoms with Crippen molar-refractivity contribution >= 4 is 11.6 Å². The van der Waals surface area contributed by atoms with Crippen molar-refractivity contribution in [1.82, 2.24) is 0 Å². The number of aliphatic hydroxyl groups is 1. The van der Waals surface area contributed by atoms with Gasteiger partial charge in [0.2, 0.25) is 0 Å². The van der Waals surface area contributed by atoms with Crippen LogP contribution < -0.4 is 0 Å². The highest BCUT2D eigenvalue weighted by atomic mass is 35.5. The molecule has 0 amide bonds. The quantitative estimate of drug-likeness (QED) is 0.589. The lowest BCUT2D eigenvalue weighted by molar-refractivity contribution is 0.266. The first-order chi connectivity index (χ1) is 5.57. The second-order valence-electron chi connectivity index (χ2n) is 2.18. The van der Waals surface area contributed by atoms with Crippen LogP contribution in [-0.2, 0) is 6.61 Å². The fraction of sp³-hybridized carbons (Fsp3) is 0.143. The zero-order chi connectivity index (χ0) is 9.30. The third kappa shape index (κ3) is 1.31. The number of hydrogen-bond acceptors (Lipinski definition) is 3. The Labute approximate surface area is 72.6 Å². The Morgan fingerprint density at radius 2 is 2.00 bits per heavy atom. The van der Waals surface area contributed by atoms with Crippen molar-refractivity contribution < 1.29 is 19.7 Å². The largest absolute Gasteiger partial charge is 0.504 e. The summed E-state index contributed by atoms with van der Waals surface area (Å²) in [7, 11) is 0. The van der Waals surface area contributed by atoms with E-state index in [2.05, 4.69) is 0 Å². The Morgan fingerprint density at radius 1 is 1.42 bits per heavy atom. The predicted molar refractivity (Wildman–Crippen MR) is 40.7 cm³/mol. The van der Waals surface area contributed by atoms with E-state index >= 15 is 0 Å². The molecule has 1 aromatic rings. The Morgan fingerprint density at radius 3 is 2.50 bits per heavy atom. The molecule has 0 unspecified atom stereocenters. The SMILES string of the molecule is OCc1c(O)c(O)cc(Cl)c1F. The first kappa shape index (κ1) is 9.09. The fourth-order valence-corrected chi connectivity index (χ4v) is 1.02. The zero-order valence-electron chi connectivity index (χ0n) is 5.88. The van der Waals surface area contributed by atoms with Crippen LogP contribution in [-0.4, -0.2) is 15.3 Å². The van der Waals surface area contributed by atoms with Gasteiger partial charge in [0.15, 0.2) is 17.3 Å². The highest BCUT2D eigenvalue weighted by molar-refractivity contribution is 6.31. The molecule has 12 heavy (non-hydrogen) atoms. The van der Waals surface area contributed by atoms with Crippen LogP contribution >= 0.6 is 11.6 Å². The van der Waals surface area contributed by atoms with Gasteiger partial charge in [0.25, 0.3) is 0 Å². The molecule has 0 aromatic heterocycles. The van der Waals surface area contributed by atoms with Gasteiger partial charge in [0.1, 0.15) is 0 Å². The zero-order valence-corrected chi connectivity index (χ0v) is 6.64. The summed E-state index contributed by atoms with van der Waals surface area (Å²) < 4.78 is 12.9. The molecule has 0 bridgehead atoms. The molecule has 0 radical (unpaired) electrons. The lowest BCUT2D eigenvalue weighted by atomic mass is 10.2. The smallest absolute Gasteiger partial charge is 0.166 e. The van der Waals surface area contributed by atoms with Crippen molar-refractivity contribution in [1.29, 1.82) is 0 Å². The molecule has 0 aliphatic carbocycles. The normalized spacial score (nSPS) is 10.2. The highest BCUT2D eigenvalue weighted by Gasteiger charge is 2.15. The molecule has 0 saturated carbocycles. The van der Waals surface area contributed by atoms with E-state index in [1.54, 1.807) is 0 Å². The van der Waals surface area contributed by atoms with Crippen LogP contribution in [0.4, 0.5) is 4.39 Å². The van der Waals surface area contributed by atoms with Crippen molar-refractivity contribution in [2.24, 2.45) is 0 Å². The maximum absolute atomic E-state index is 12.9. The number of halogens is 2. The van der Waals surface area contributed by atoms with Gasteiger partial charge < -0.3 is 15.3 Å². The Balaban J connectivity index is 3.42. The van der Waals surface area contributed by atoms with Crippen LogP contribution in [0.2, 0.25) is 5.02 Å². The molecule has 0 fully saturated rings. The number of aromatic hydroxyl groups is 2. The highest BCUT2D eigenvalue weighted by Crippen LogP contribution is 2.35. The summed E-state index contributed by atoms with van der Waals surface area (Å²) in [6.07, 6.45) is 0. The summed E-state index contributed by atoms with van der Waals surface area (Å²) >= 11 is 5.31. The fourth-order valence-electron chi connectivity index (χ4n) is 0.799. The minimum atomic E-state index is -0.922. The van der Waals surface area contributed by atoms with E-state index < -0.39 is 29.5 Å². The summed E-state index contributed by atoms with van der Waals surface area (Å²) in [5.41, 5.74) is -0.403. The number of phenolic OH excluding ortho intramolecular Hbond substituents is 1. The van der Waals surface area contributed by atoms with Crippen LogP contribution in [0.15, 0.2) is 6.07 Å². The molecule has 0 heterocycles. The molecule has 1 aromatic carbocycles. The van der Waals surface area contributed by atoms with Crippen LogP contribution in [0.3, 0.4) is 0 Å². The van der Waals surface area contributed by atoms with E-state index in [-0.39, 0.29) is 5.02 Å². The Bertz CT molecular complexity index is 288. The molecule has 1 rings (SSSR count). The van der Waals surface area contributed by atoms with E-state index in [1.807, 2.05) is 0 Å². The molecule has 3 N–H and O–H groups in total. The summed E-state index contributed by atoms with van der Waals surface area (Å²) in [6, 6.07) is 0.866. The monoisotopic (exact) mass is 192 g/mol. The number of aliphatic hydroxyl groups excluding tert-OH is 1. The topological polar surface area (TPSA) is 60.7 Å². The van der Waals surface area contributed by atoms with Crippen molar-refractivity contribution in [2.45, 2.75) is 6.61 Å². The lowest BCUT2D eigenvalue weighted by Gasteiger charge is -2.05. The maximum atomic E-state index is 12.9. The molecule has 5 heteroatoms. The molecular formula is C7H6ClFO3. The number of benzene rings is 1. The first-order valence-electron chi connectivity index (χ1n) is 3.07. The molecule has 0 atom stereocenters. The van der Waals surface area contributed by atoms with Gasteiger partial charge in [-0.15, -0.1) is 0 Å². The third-order valence-electron chi connectivity index (χ3n) is 1.42. The van der Waals surface area contributed by atoms with Gasteiger partial charge in [-0.2, -0.15) is 0 Å². The van der Waals surface area contributed by atoms with E-state index in [9.17, 15) is 4.39 Å². The number of phenols is 2. The van der Waals surface area contributed by atoms with E-state index in [0.29, 0.717) is 0 Å². The van der Waals surface area contributed by atoms with Crippen LogP contribution in [0.1, 0.15) is 5.56 Å². The summed E-state index contributed by atoms with van der Waals surface area (Å²) in [5, 5.41) is 26.2.